The minimum Gasteiger partial charge on any atom is -0.388 e. The highest BCUT2D eigenvalue weighted by Crippen LogP contribution is 2.26. The third-order valence-corrected chi connectivity index (χ3v) is 3.68. The van der Waals surface area contributed by atoms with Gasteiger partial charge in [-0.1, -0.05) is 11.6 Å². The summed E-state index contributed by atoms with van der Waals surface area (Å²) in [6.07, 6.45) is 0. The maximum atomic E-state index is 12.1. The number of benzene rings is 1. The maximum absolute atomic E-state index is 12.1. The molecule has 0 aromatic heterocycles. The molecule has 0 atom stereocenters. The van der Waals surface area contributed by atoms with Crippen LogP contribution in [0.5, 0.6) is 0 Å². The molecule has 0 saturated heterocycles. The van der Waals surface area contributed by atoms with Crippen LogP contribution in [-0.4, -0.2) is 27.1 Å². The highest BCUT2D eigenvalue weighted by Gasteiger charge is 2.36. The van der Waals surface area contributed by atoms with Crippen molar-refractivity contribution in [2.45, 2.75) is 38.8 Å². The molecule has 0 heterocycles. The van der Waals surface area contributed by atoms with Gasteiger partial charge < -0.3 is 10.4 Å². The Kier molecular flexibility index (Phi) is 4.41. The van der Waals surface area contributed by atoms with E-state index in [1.54, 1.807) is 27.7 Å². The molecule has 1 aromatic rings. The predicted molar refractivity (Wildman–Crippen MR) is 75.9 cm³/mol. The number of carbonyl (C=O) groups is 1. The Morgan fingerprint density at radius 3 is 2.35 bits per heavy atom. The molecule has 110 valence electrons. The van der Waals surface area contributed by atoms with Crippen LogP contribution in [0.15, 0.2) is 18.2 Å². The first-order chi connectivity index (χ1) is 8.95. The molecule has 0 unspecified atom stereocenters. The van der Waals surface area contributed by atoms with E-state index in [4.69, 9.17) is 11.6 Å². The molecule has 0 aliphatic carbocycles. The highest BCUT2D eigenvalue weighted by molar-refractivity contribution is 6.32. The van der Waals surface area contributed by atoms with Gasteiger partial charge in [0.05, 0.1) is 16.1 Å². The van der Waals surface area contributed by atoms with Gasteiger partial charge in [0.1, 0.15) is 5.02 Å². The second-order valence-corrected chi connectivity index (χ2v) is 5.97. The van der Waals surface area contributed by atoms with Gasteiger partial charge >= 0.3 is 0 Å². The van der Waals surface area contributed by atoms with E-state index in [1.807, 2.05) is 0 Å². The number of halogens is 1. The van der Waals surface area contributed by atoms with Crippen LogP contribution in [0.1, 0.15) is 38.1 Å². The van der Waals surface area contributed by atoms with E-state index in [0.29, 0.717) is 0 Å². The zero-order valence-corrected chi connectivity index (χ0v) is 12.5. The van der Waals surface area contributed by atoms with Crippen LogP contribution in [0.4, 0.5) is 5.69 Å². The summed E-state index contributed by atoms with van der Waals surface area (Å²) in [5.41, 5.74) is -2.28. The van der Waals surface area contributed by atoms with Gasteiger partial charge in [0.15, 0.2) is 0 Å². The minimum absolute atomic E-state index is 0.0340. The summed E-state index contributed by atoms with van der Waals surface area (Å²) in [6.45, 7) is 6.46. The van der Waals surface area contributed by atoms with E-state index in [-0.39, 0.29) is 16.3 Å². The van der Waals surface area contributed by atoms with Crippen molar-refractivity contribution in [1.29, 1.82) is 0 Å². The van der Waals surface area contributed by atoms with Crippen LogP contribution in [-0.2, 0) is 0 Å². The van der Waals surface area contributed by atoms with Crippen molar-refractivity contribution in [2.75, 3.05) is 0 Å². The highest BCUT2D eigenvalue weighted by atomic mass is 35.5. The quantitative estimate of drug-likeness (QED) is 0.660. The lowest BCUT2D eigenvalue weighted by molar-refractivity contribution is -0.384. The number of nitro benzene ring substituents is 1. The Hall–Kier alpha value is -1.66. The third kappa shape index (κ3) is 3.46. The predicted octanol–water partition coefficient (Wildman–Crippen LogP) is 2.53. The Bertz CT molecular complexity index is 550. The van der Waals surface area contributed by atoms with E-state index >= 15 is 0 Å². The fourth-order valence-electron chi connectivity index (χ4n) is 1.30. The first-order valence-electron chi connectivity index (χ1n) is 5.94. The molecular formula is C13H17ClN2O4. The van der Waals surface area contributed by atoms with Gasteiger partial charge in [-0.15, -0.1) is 0 Å². The summed E-state index contributed by atoms with van der Waals surface area (Å²) in [5.74, 6) is -0.517. The molecule has 2 N–H and O–H groups in total. The van der Waals surface area contributed by atoms with Crippen molar-refractivity contribution < 1.29 is 14.8 Å². The van der Waals surface area contributed by atoms with Crippen molar-refractivity contribution in [2.24, 2.45) is 0 Å². The SMILES string of the molecule is CC(C)(O)C(C)(C)NC(=O)c1ccc(Cl)c([N+](=O)[O-])c1. The van der Waals surface area contributed by atoms with Gasteiger partial charge in [0, 0.05) is 11.6 Å². The smallest absolute Gasteiger partial charge is 0.288 e. The van der Waals surface area contributed by atoms with E-state index in [2.05, 4.69) is 5.32 Å². The fourth-order valence-corrected chi connectivity index (χ4v) is 1.49. The molecular weight excluding hydrogens is 284 g/mol. The number of nitrogens with one attached hydrogen (secondary N) is 1. The summed E-state index contributed by atoms with van der Waals surface area (Å²) in [4.78, 5) is 22.2. The van der Waals surface area contributed by atoms with Gasteiger partial charge in [-0.2, -0.15) is 0 Å². The lowest BCUT2D eigenvalue weighted by atomic mass is 9.85. The largest absolute Gasteiger partial charge is 0.388 e. The number of aliphatic hydroxyl groups is 1. The second-order valence-electron chi connectivity index (χ2n) is 5.56. The zero-order chi connectivity index (χ0) is 15.7. The molecule has 0 radical (unpaired) electrons. The van der Waals surface area contributed by atoms with Gasteiger partial charge in [0.25, 0.3) is 11.6 Å². The van der Waals surface area contributed by atoms with Gasteiger partial charge in [-0.05, 0) is 39.8 Å². The molecule has 0 bridgehead atoms. The molecule has 0 saturated carbocycles. The Morgan fingerprint density at radius 2 is 1.90 bits per heavy atom. The van der Waals surface area contributed by atoms with Gasteiger partial charge in [-0.3, -0.25) is 14.9 Å². The van der Waals surface area contributed by atoms with Gasteiger partial charge in [-0.25, -0.2) is 0 Å². The molecule has 6 nitrogen and oxygen atoms in total. The number of hydrogen-bond donors (Lipinski definition) is 2. The Balaban J connectivity index is 3.06. The van der Waals surface area contributed by atoms with Crippen LogP contribution in [0.25, 0.3) is 0 Å². The summed E-state index contributed by atoms with van der Waals surface area (Å²) >= 11 is 5.69. The van der Waals surface area contributed by atoms with Crippen molar-refractivity contribution >= 4 is 23.2 Å². The fraction of sp³-hybridized carbons (Fsp3) is 0.462. The Labute approximate surface area is 121 Å². The standard InChI is InChI=1S/C13H17ClN2O4/c1-12(2,13(3,4)18)15-11(17)8-5-6-9(14)10(7-8)16(19)20/h5-7,18H,1-4H3,(H,15,17). The van der Waals surface area contributed by atoms with Crippen LogP contribution in [0, 0.1) is 10.1 Å². The maximum Gasteiger partial charge on any atom is 0.288 e. The average Bonchev–Trinajstić information content (AvgIpc) is 2.26. The number of nitro groups is 1. The molecule has 20 heavy (non-hydrogen) atoms. The summed E-state index contributed by atoms with van der Waals surface area (Å²) < 4.78 is 0. The molecule has 1 aromatic carbocycles. The first-order valence-corrected chi connectivity index (χ1v) is 6.32. The van der Waals surface area contributed by atoms with E-state index in [1.165, 1.54) is 12.1 Å². The molecule has 0 fully saturated rings. The average molecular weight is 301 g/mol. The monoisotopic (exact) mass is 300 g/mol. The van der Waals surface area contributed by atoms with E-state index in [9.17, 15) is 20.0 Å². The van der Waals surface area contributed by atoms with Crippen LogP contribution < -0.4 is 5.32 Å². The van der Waals surface area contributed by atoms with Crippen LogP contribution in [0.3, 0.4) is 0 Å². The summed E-state index contributed by atoms with van der Waals surface area (Å²) in [6, 6.07) is 3.80. The minimum atomic E-state index is -1.15. The normalized spacial score (nSPS) is 12.1. The lowest BCUT2D eigenvalue weighted by Crippen LogP contribution is -2.57. The third-order valence-electron chi connectivity index (χ3n) is 3.36. The summed E-state index contributed by atoms with van der Waals surface area (Å²) in [7, 11) is 0. The number of carbonyl (C=O) groups excluding carboxylic acids is 1. The van der Waals surface area contributed by atoms with E-state index in [0.717, 1.165) is 6.07 Å². The van der Waals surface area contributed by atoms with Crippen molar-refractivity contribution in [1.82, 2.24) is 5.32 Å². The topological polar surface area (TPSA) is 92.5 Å². The number of hydrogen-bond acceptors (Lipinski definition) is 4. The molecule has 0 aliphatic rings. The van der Waals surface area contributed by atoms with E-state index < -0.39 is 22.0 Å². The second kappa shape index (κ2) is 5.38. The number of amides is 1. The van der Waals surface area contributed by atoms with Crippen molar-refractivity contribution in [3.05, 3.63) is 38.9 Å². The van der Waals surface area contributed by atoms with Crippen LogP contribution in [0.2, 0.25) is 5.02 Å². The zero-order valence-electron chi connectivity index (χ0n) is 11.7. The van der Waals surface area contributed by atoms with Crippen molar-refractivity contribution in [3.8, 4) is 0 Å². The number of nitrogens with zero attached hydrogens (tertiary/aromatic N) is 1. The molecule has 1 rings (SSSR count). The van der Waals surface area contributed by atoms with Crippen LogP contribution >= 0.6 is 11.6 Å². The number of rotatable bonds is 4. The molecule has 7 heteroatoms. The Morgan fingerprint density at radius 1 is 1.35 bits per heavy atom. The lowest BCUT2D eigenvalue weighted by Gasteiger charge is -2.38. The molecule has 1 amide bonds. The summed E-state index contributed by atoms with van der Waals surface area (Å²) in [5, 5.41) is 23.4. The first kappa shape index (κ1) is 16.4. The molecule has 0 spiro atoms. The van der Waals surface area contributed by atoms with Gasteiger partial charge in [0.2, 0.25) is 0 Å². The molecule has 0 aliphatic heterocycles. The van der Waals surface area contributed by atoms with Crippen molar-refractivity contribution in [3.63, 3.8) is 0 Å².